The Hall–Kier alpha value is -0.640. The number of alkyl halides is 1. The van der Waals surface area contributed by atoms with Gasteiger partial charge in [0.25, 0.3) is 0 Å². The van der Waals surface area contributed by atoms with Crippen molar-refractivity contribution >= 4 is 5.97 Å². The van der Waals surface area contributed by atoms with Crippen LogP contribution in [0.5, 0.6) is 0 Å². The molecule has 0 unspecified atom stereocenters. The molecule has 0 spiro atoms. The first kappa shape index (κ1) is 9.45. The highest BCUT2D eigenvalue weighted by molar-refractivity contribution is 5.70. The van der Waals surface area contributed by atoms with Crippen LogP contribution in [0.15, 0.2) is 0 Å². The predicted molar refractivity (Wildman–Crippen MR) is 42.6 cm³/mol. The molecule has 0 aromatic carbocycles. The molecule has 1 saturated heterocycles. The van der Waals surface area contributed by atoms with E-state index >= 15 is 0 Å². The fourth-order valence-corrected chi connectivity index (χ4v) is 1.38. The second-order valence-corrected chi connectivity index (χ2v) is 3.15. The number of halogens is 1. The van der Waals surface area contributed by atoms with Gasteiger partial charge in [-0.3, -0.25) is 4.79 Å². The third kappa shape index (κ3) is 2.44. The average Bonchev–Trinajstić information content (AvgIpc) is 2.05. The molecule has 1 aliphatic rings. The molecule has 1 rings (SSSR count). The van der Waals surface area contributed by atoms with E-state index in [1.165, 1.54) is 7.11 Å². The number of nitrogens with one attached hydrogen (secondary N) is 1. The Morgan fingerprint density at radius 1 is 1.58 bits per heavy atom. The van der Waals surface area contributed by atoms with E-state index in [2.05, 4.69) is 10.1 Å². The SMILES string of the molecule is COC(=O)CC1(F)CCNCC1. The van der Waals surface area contributed by atoms with E-state index in [-0.39, 0.29) is 6.42 Å². The van der Waals surface area contributed by atoms with Crippen LogP contribution < -0.4 is 5.32 Å². The Morgan fingerprint density at radius 2 is 2.17 bits per heavy atom. The first-order valence-corrected chi connectivity index (χ1v) is 4.13. The lowest BCUT2D eigenvalue weighted by Gasteiger charge is -2.28. The molecule has 0 aromatic heterocycles. The zero-order valence-corrected chi connectivity index (χ0v) is 7.23. The van der Waals surface area contributed by atoms with Crippen LogP contribution in [0.1, 0.15) is 19.3 Å². The number of ether oxygens (including phenoxy) is 1. The minimum absolute atomic E-state index is 0.106. The van der Waals surface area contributed by atoms with E-state index in [1.54, 1.807) is 0 Å². The summed E-state index contributed by atoms with van der Waals surface area (Å²) in [5.41, 5.74) is -1.33. The largest absolute Gasteiger partial charge is 0.469 e. The Morgan fingerprint density at radius 3 is 2.67 bits per heavy atom. The van der Waals surface area contributed by atoms with Crippen molar-refractivity contribution in [3.05, 3.63) is 0 Å². The van der Waals surface area contributed by atoms with Gasteiger partial charge in [-0.2, -0.15) is 0 Å². The van der Waals surface area contributed by atoms with Crippen molar-refractivity contribution in [2.45, 2.75) is 24.9 Å². The van der Waals surface area contributed by atoms with Gasteiger partial charge in [0.05, 0.1) is 13.5 Å². The molecule has 0 bridgehead atoms. The number of carbonyl (C=O) groups is 1. The highest BCUT2D eigenvalue weighted by Gasteiger charge is 2.34. The summed E-state index contributed by atoms with van der Waals surface area (Å²) in [5.74, 6) is -0.459. The van der Waals surface area contributed by atoms with Gasteiger partial charge in [0, 0.05) is 0 Å². The van der Waals surface area contributed by atoms with E-state index in [0.717, 1.165) is 0 Å². The Kier molecular flexibility index (Phi) is 3.03. The smallest absolute Gasteiger partial charge is 0.308 e. The Labute approximate surface area is 71.3 Å². The quantitative estimate of drug-likeness (QED) is 0.626. The lowest BCUT2D eigenvalue weighted by Crippen LogP contribution is -2.40. The normalized spacial score (nSPS) is 21.8. The molecule has 0 aromatic rings. The second kappa shape index (κ2) is 3.85. The number of piperidine rings is 1. The van der Waals surface area contributed by atoms with Gasteiger partial charge in [0.15, 0.2) is 0 Å². The summed E-state index contributed by atoms with van der Waals surface area (Å²) in [5, 5.41) is 3.04. The summed E-state index contributed by atoms with van der Waals surface area (Å²) in [7, 11) is 1.28. The van der Waals surface area contributed by atoms with Gasteiger partial charge < -0.3 is 10.1 Å². The second-order valence-electron chi connectivity index (χ2n) is 3.15. The standard InChI is InChI=1S/C8H14FNO2/c1-12-7(11)6-8(9)2-4-10-5-3-8/h10H,2-6H2,1H3. The summed E-state index contributed by atoms with van der Waals surface area (Å²) in [6, 6.07) is 0. The van der Waals surface area contributed by atoms with Crippen LogP contribution in [0.25, 0.3) is 0 Å². The zero-order valence-electron chi connectivity index (χ0n) is 7.23. The number of methoxy groups -OCH3 is 1. The van der Waals surface area contributed by atoms with Gasteiger partial charge in [0.2, 0.25) is 0 Å². The minimum Gasteiger partial charge on any atom is -0.469 e. The molecular formula is C8H14FNO2. The van der Waals surface area contributed by atoms with Crippen LogP contribution in [0.2, 0.25) is 0 Å². The fraction of sp³-hybridized carbons (Fsp3) is 0.875. The molecular weight excluding hydrogens is 161 g/mol. The highest BCUT2D eigenvalue weighted by Crippen LogP contribution is 2.27. The van der Waals surface area contributed by atoms with Gasteiger partial charge in [-0.1, -0.05) is 0 Å². The number of esters is 1. The maximum Gasteiger partial charge on any atom is 0.308 e. The monoisotopic (exact) mass is 175 g/mol. The van der Waals surface area contributed by atoms with Gasteiger partial charge in [-0.15, -0.1) is 0 Å². The zero-order chi connectivity index (χ0) is 9.03. The van der Waals surface area contributed by atoms with E-state index in [4.69, 9.17) is 0 Å². The molecule has 1 N–H and O–H groups in total. The van der Waals surface area contributed by atoms with Crippen molar-refractivity contribution in [1.29, 1.82) is 0 Å². The third-order valence-electron chi connectivity index (χ3n) is 2.19. The molecule has 1 fully saturated rings. The van der Waals surface area contributed by atoms with Crippen molar-refractivity contribution in [3.63, 3.8) is 0 Å². The molecule has 12 heavy (non-hydrogen) atoms. The number of rotatable bonds is 2. The van der Waals surface area contributed by atoms with Gasteiger partial charge in [0.1, 0.15) is 5.67 Å². The number of hydrogen-bond donors (Lipinski definition) is 1. The minimum atomic E-state index is -1.33. The molecule has 0 radical (unpaired) electrons. The molecule has 70 valence electrons. The van der Waals surface area contributed by atoms with Crippen LogP contribution >= 0.6 is 0 Å². The van der Waals surface area contributed by atoms with Crippen LogP contribution in [-0.4, -0.2) is 31.8 Å². The van der Waals surface area contributed by atoms with Crippen LogP contribution in [0.3, 0.4) is 0 Å². The van der Waals surface area contributed by atoms with Crippen molar-refractivity contribution < 1.29 is 13.9 Å². The maximum absolute atomic E-state index is 13.7. The Bertz CT molecular complexity index is 166. The summed E-state index contributed by atoms with van der Waals surface area (Å²) in [4.78, 5) is 10.8. The van der Waals surface area contributed by atoms with E-state index in [1.807, 2.05) is 0 Å². The number of carbonyl (C=O) groups excluding carboxylic acids is 1. The lowest BCUT2D eigenvalue weighted by atomic mass is 9.91. The molecule has 0 saturated carbocycles. The van der Waals surface area contributed by atoms with Gasteiger partial charge in [-0.25, -0.2) is 4.39 Å². The van der Waals surface area contributed by atoms with Crippen LogP contribution in [0, 0.1) is 0 Å². The lowest BCUT2D eigenvalue weighted by molar-refractivity contribution is -0.144. The molecule has 3 nitrogen and oxygen atoms in total. The average molecular weight is 175 g/mol. The summed E-state index contributed by atoms with van der Waals surface area (Å²) < 4.78 is 18.1. The van der Waals surface area contributed by atoms with E-state index in [9.17, 15) is 9.18 Å². The number of hydrogen-bond acceptors (Lipinski definition) is 3. The summed E-state index contributed by atoms with van der Waals surface area (Å²) in [6.07, 6.45) is 0.704. The van der Waals surface area contributed by atoms with Gasteiger partial charge >= 0.3 is 5.97 Å². The Balaban J connectivity index is 2.41. The van der Waals surface area contributed by atoms with Crippen molar-refractivity contribution in [2.24, 2.45) is 0 Å². The topological polar surface area (TPSA) is 38.3 Å². The van der Waals surface area contributed by atoms with E-state index in [0.29, 0.717) is 25.9 Å². The van der Waals surface area contributed by atoms with Crippen LogP contribution in [-0.2, 0) is 9.53 Å². The summed E-state index contributed by atoms with van der Waals surface area (Å²) in [6.45, 7) is 1.29. The van der Waals surface area contributed by atoms with Crippen molar-refractivity contribution in [2.75, 3.05) is 20.2 Å². The molecule has 1 aliphatic heterocycles. The highest BCUT2D eigenvalue weighted by atomic mass is 19.1. The molecule has 0 aliphatic carbocycles. The molecule has 0 atom stereocenters. The van der Waals surface area contributed by atoms with Crippen LogP contribution in [0.4, 0.5) is 4.39 Å². The third-order valence-corrected chi connectivity index (χ3v) is 2.19. The van der Waals surface area contributed by atoms with Gasteiger partial charge in [-0.05, 0) is 25.9 Å². The molecule has 1 heterocycles. The molecule has 4 heteroatoms. The molecule has 0 amide bonds. The van der Waals surface area contributed by atoms with Crippen molar-refractivity contribution in [1.82, 2.24) is 5.32 Å². The first-order valence-electron chi connectivity index (χ1n) is 4.13. The maximum atomic E-state index is 13.7. The summed E-state index contributed by atoms with van der Waals surface area (Å²) >= 11 is 0. The van der Waals surface area contributed by atoms with Crippen molar-refractivity contribution in [3.8, 4) is 0 Å². The fourth-order valence-electron chi connectivity index (χ4n) is 1.38. The first-order chi connectivity index (χ1) is 5.66. The predicted octanol–water partition coefficient (Wildman–Crippen LogP) is 0.641. The van der Waals surface area contributed by atoms with E-state index < -0.39 is 11.6 Å².